The van der Waals surface area contributed by atoms with Crippen LogP contribution in [0.3, 0.4) is 0 Å². The van der Waals surface area contributed by atoms with E-state index >= 15 is 0 Å². The number of amides is 1. The van der Waals surface area contributed by atoms with Crippen molar-refractivity contribution in [2.24, 2.45) is 0 Å². The largest absolute Gasteiger partial charge is 0.493 e. The van der Waals surface area contributed by atoms with E-state index in [9.17, 15) is 4.79 Å². The highest BCUT2D eigenvalue weighted by molar-refractivity contribution is 5.79. The van der Waals surface area contributed by atoms with Crippen LogP contribution in [0.2, 0.25) is 0 Å². The van der Waals surface area contributed by atoms with Crippen molar-refractivity contribution in [1.29, 1.82) is 0 Å². The summed E-state index contributed by atoms with van der Waals surface area (Å²) in [5.74, 6) is 1.19. The number of carbonyl (C=O) groups is 1. The van der Waals surface area contributed by atoms with Crippen molar-refractivity contribution in [3.63, 3.8) is 0 Å². The lowest BCUT2D eigenvalue weighted by Crippen LogP contribution is -2.39. The molecule has 2 aliphatic rings. The molecule has 0 radical (unpaired) electrons. The van der Waals surface area contributed by atoms with E-state index in [0.717, 1.165) is 55.8 Å². The van der Waals surface area contributed by atoms with Crippen molar-refractivity contribution in [1.82, 2.24) is 14.7 Å². The first-order valence-electron chi connectivity index (χ1n) is 8.72. The zero-order chi connectivity index (χ0) is 16.5. The molecule has 126 valence electrons. The Labute approximate surface area is 142 Å². The van der Waals surface area contributed by atoms with Gasteiger partial charge in [-0.2, -0.15) is 5.10 Å². The molecule has 24 heavy (non-hydrogen) atoms. The van der Waals surface area contributed by atoms with Crippen LogP contribution in [0.5, 0.6) is 5.75 Å². The van der Waals surface area contributed by atoms with Crippen LogP contribution in [0.25, 0.3) is 0 Å². The van der Waals surface area contributed by atoms with Gasteiger partial charge >= 0.3 is 0 Å². The molecule has 1 fully saturated rings. The van der Waals surface area contributed by atoms with Gasteiger partial charge in [-0.15, -0.1) is 0 Å². The molecule has 1 atom stereocenters. The molecule has 2 aromatic rings. The highest BCUT2D eigenvalue weighted by atomic mass is 16.5. The summed E-state index contributed by atoms with van der Waals surface area (Å²) in [6, 6.07) is 6.40. The van der Waals surface area contributed by atoms with Gasteiger partial charge in [0, 0.05) is 19.2 Å². The van der Waals surface area contributed by atoms with E-state index in [1.165, 1.54) is 5.56 Å². The number of ether oxygens (including phenoxy) is 1. The maximum Gasteiger partial charge on any atom is 0.227 e. The molecule has 0 bridgehead atoms. The third-order valence-corrected chi connectivity index (χ3v) is 4.97. The number of carbonyl (C=O) groups excluding carboxylic acids is 1. The van der Waals surface area contributed by atoms with Gasteiger partial charge in [0.05, 0.1) is 31.8 Å². The predicted molar refractivity (Wildman–Crippen MR) is 91.0 cm³/mol. The summed E-state index contributed by atoms with van der Waals surface area (Å²) >= 11 is 0. The fourth-order valence-electron chi connectivity index (χ4n) is 3.76. The van der Waals surface area contributed by atoms with E-state index in [4.69, 9.17) is 4.74 Å². The van der Waals surface area contributed by atoms with Crippen molar-refractivity contribution in [2.45, 2.75) is 45.2 Å². The van der Waals surface area contributed by atoms with E-state index in [-0.39, 0.29) is 11.9 Å². The second-order valence-electron chi connectivity index (χ2n) is 6.84. The number of aromatic nitrogens is 2. The molecule has 1 aromatic heterocycles. The lowest BCUT2D eigenvalue weighted by atomic mass is 10.1. The Morgan fingerprint density at radius 2 is 2.33 bits per heavy atom. The van der Waals surface area contributed by atoms with Crippen LogP contribution in [-0.2, 0) is 24.2 Å². The molecule has 0 saturated carbocycles. The van der Waals surface area contributed by atoms with Gasteiger partial charge in [0.2, 0.25) is 5.91 Å². The number of fused-ring (bicyclic) bond motifs is 1. The van der Waals surface area contributed by atoms with Crippen LogP contribution >= 0.6 is 0 Å². The molecular formula is C19H23N3O2. The molecule has 1 amide bonds. The smallest absolute Gasteiger partial charge is 0.227 e. The number of aryl methyl sites for hydroxylation is 1. The van der Waals surface area contributed by atoms with Crippen LogP contribution in [-0.4, -0.2) is 39.8 Å². The molecule has 5 heteroatoms. The van der Waals surface area contributed by atoms with Crippen LogP contribution < -0.4 is 4.74 Å². The minimum absolute atomic E-state index is 0.222. The Balaban J connectivity index is 1.43. The highest BCUT2D eigenvalue weighted by Crippen LogP contribution is 2.27. The van der Waals surface area contributed by atoms with Gasteiger partial charge in [0.15, 0.2) is 0 Å². The lowest BCUT2D eigenvalue weighted by Gasteiger charge is -2.25. The summed E-state index contributed by atoms with van der Waals surface area (Å²) < 4.78 is 7.50. The summed E-state index contributed by atoms with van der Waals surface area (Å²) in [5.41, 5.74) is 3.47. The first-order chi connectivity index (χ1) is 11.7. The molecule has 0 N–H and O–H groups in total. The third kappa shape index (κ3) is 3.03. The molecule has 1 saturated heterocycles. The molecule has 3 heterocycles. The van der Waals surface area contributed by atoms with Crippen LogP contribution in [0.4, 0.5) is 0 Å². The zero-order valence-corrected chi connectivity index (χ0v) is 14.1. The van der Waals surface area contributed by atoms with E-state index in [1.807, 2.05) is 41.0 Å². The van der Waals surface area contributed by atoms with Gasteiger partial charge < -0.3 is 9.64 Å². The Hall–Kier alpha value is -2.30. The van der Waals surface area contributed by atoms with Crippen LogP contribution in [0.15, 0.2) is 30.6 Å². The van der Waals surface area contributed by atoms with Gasteiger partial charge in [-0.05, 0) is 42.5 Å². The average Bonchev–Trinajstić information content (AvgIpc) is 3.28. The van der Waals surface area contributed by atoms with E-state index < -0.39 is 0 Å². The van der Waals surface area contributed by atoms with Crippen LogP contribution in [0.1, 0.15) is 29.5 Å². The minimum atomic E-state index is 0.222. The summed E-state index contributed by atoms with van der Waals surface area (Å²) in [5, 5.41) is 4.36. The fraction of sp³-hybridized carbons (Fsp3) is 0.474. The topological polar surface area (TPSA) is 47.4 Å². The minimum Gasteiger partial charge on any atom is -0.493 e. The van der Waals surface area contributed by atoms with Crippen molar-refractivity contribution in [2.75, 3.05) is 13.2 Å². The number of benzene rings is 1. The highest BCUT2D eigenvalue weighted by Gasteiger charge is 2.29. The molecule has 0 spiro atoms. The first kappa shape index (κ1) is 15.2. The van der Waals surface area contributed by atoms with E-state index in [2.05, 4.69) is 11.2 Å². The molecule has 5 nitrogen and oxygen atoms in total. The monoisotopic (exact) mass is 325 g/mol. The third-order valence-electron chi connectivity index (χ3n) is 4.97. The zero-order valence-electron chi connectivity index (χ0n) is 14.1. The average molecular weight is 325 g/mol. The summed E-state index contributed by atoms with van der Waals surface area (Å²) in [6.07, 6.45) is 7.47. The maximum absolute atomic E-state index is 12.8. The quantitative estimate of drug-likeness (QED) is 0.867. The number of hydrogen-bond acceptors (Lipinski definition) is 3. The number of likely N-dealkylation sites (tertiary alicyclic amines) is 1. The van der Waals surface area contributed by atoms with Crippen molar-refractivity contribution in [3.05, 3.63) is 47.3 Å². The first-order valence-corrected chi connectivity index (χ1v) is 8.72. The Morgan fingerprint density at radius 1 is 1.42 bits per heavy atom. The molecule has 0 aliphatic carbocycles. The van der Waals surface area contributed by atoms with Gasteiger partial charge in [-0.1, -0.05) is 12.1 Å². The molecular weight excluding hydrogens is 302 g/mol. The molecule has 0 unspecified atom stereocenters. The Morgan fingerprint density at radius 3 is 3.17 bits per heavy atom. The van der Waals surface area contributed by atoms with Gasteiger partial charge in [0.1, 0.15) is 5.75 Å². The second kappa shape index (κ2) is 6.30. The Kier molecular flexibility index (Phi) is 4.00. The molecule has 1 aromatic carbocycles. The second-order valence-corrected chi connectivity index (χ2v) is 6.84. The Bertz CT molecular complexity index is 753. The van der Waals surface area contributed by atoms with Gasteiger partial charge in [0.25, 0.3) is 0 Å². The number of rotatable bonds is 4. The summed E-state index contributed by atoms with van der Waals surface area (Å²) in [6.45, 7) is 4.44. The van der Waals surface area contributed by atoms with Gasteiger partial charge in [-0.25, -0.2) is 0 Å². The van der Waals surface area contributed by atoms with Gasteiger partial charge in [-0.3, -0.25) is 9.48 Å². The summed E-state index contributed by atoms with van der Waals surface area (Å²) in [7, 11) is 0. The predicted octanol–water partition coefficient (Wildman–Crippen LogP) is 2.36. The van der Waals surface area contributed by atoms with E-state index in [0.29, 0.717) is 6.42 Å². The standard InChI is InChI=1S/C19H23N3O2/c1-14-11-20-21(12-14)13-17-3-2-7-22(17)19(23)10-15-4-5-18-16(9-15)6-8-24-18/h4-5,9,11-12,17H,2-3,6-8,10,13H2,1H3/t17-/m1/s1. The van der Waals surface area contributed by atoms with Crippen LogP contribution in [0, 0.1) is 6.92 Å². The normalized spacial score (nSPS) is 19.4. The molecule has 2 aliphatic heterocycles. The van der Waals surface area contributed by atoms with Crippen molar-refractivity contribution < 1.29 is 9.53 Å². The SMILES string of the molecule is Cc1cnn(C[C@H]2CCCN2C(=O)Cc2ccc3c(c2)CCO3)c1. The fourth-order valence-corrected chi connectivity index (χ4v) is 3.76. The van der Waals surface area contributed by atoms with E-state index in [1.54, 1.807) is 0 Å². The number of hydrogen-bond donors (Lipinski definition) is 0. The summed E-state index contributed by atoms with van der Waals surface area (Å²) in [4.78, 5) is 14.8. The maximum atomic E-state index is 12.8. The van der Waals surface area contributed by atoms with Crippen molar-refractivity contribution in [3.8, 4) is 5.75 Å². The lowest BCUT2D eigenvalue weighted by molar-refractivity contribution is -0.131. The number of nitrogens with zero attached hydrogens (tertiary/aromatic N) is 3. The molecule has 4 rings (SSSR count). The van der Waals surface area contributed by atoms with Crippen molar-refractivity contribution >= 4 is 5.91 Å².